The van der Waals surface area contributed by atoms with E-state index in [1.807, 2.05) is 37.3 Å². The van der Waals surface area contributed by atoms with Crippen molar-refractivity contribution in [2.24, 2.45) is 0 Å². The van der Waals surface area contributed by atoms with E-state index >= 15 is 0 Å². The van der Waals surface area contributed by atoms with Gasteiger partial charge in [-0.05, 0) is 0 Å². The molecule has 0 radical (unpaired) electrons. The van der Waals surface area contributed by atoms with Crippen LogP contribution < -0.4 is 0 Å². The zero-order valence-electron chi connectivity index (χ0n) is 11.1. The Morgan fingerprint density at radius 2 is 1.71 bits per heavy atom. The van der Waals surface area contributed by atoms with Crippen molar-refractivity contribution in [1.82, 2.24) is 0 Å². The zero-order chi connectivity index (χ0) is 13.1. The Morgan fingerprint density at radius 1 is 1.18 bits per heavy atom. The number of rotatable bonds is 4. The Balaban J connectivity index is 3.09. The third-order valence-electron chi connectivity index (χ3n) is 2.60. The van der Waals surface area contributed by atoms with Crippen LogP contribution in [0, 0.1) is 0 Å². The van der Waals surface area contributed by atoms with Gasteiger partial charge in [-0.3, -0.25) is 0 Å². The summed E-state index contributed by atoms with van der Waals surface area (Å²) in [5, 5.41) is 0. The second-order valence-electron chi connectivity index (χ2n) is 5.32. The van der Waals surface area contributed by atoms with Crippen LogP contribution in [0.25, 0.3) is 0 Å². The van der Waals surface area contributed by atoms with Gasteiger partial charge in [0.25, 0.3) is 0 Å². The van der Waals surface area contributed by atoms with Crippen LogP contribution in [0.15, 0.2) is 52.1 Å². The molecule has 0 saturated carbocycles. The fraction of sp³-hybridized carbons (Fsp3) is 0.267. The molecule has 1 aromatic rings. The van der Waals surface area contributed by atoms with E-state index in [4.69, 9.17) is 0 Å². The monoisotopic (exact) mass is 336 g/mol. The normalized spacial score (nSPS) is 12.4. The van der Waals surface area contributed by atoms with Crippen molar-refractivity contribution < 1.29 is 4.79 Å². The Hall–Kier alpha value is -0.831. The van der Waals surface area contributed by atoms with Crippen LogP contribution in [0.4, 0.5) is 0 Å². The molecule has 0 aromatic heterocycles. The van der Waals surface area contributed by atoms with Gasteiger partial charge in [0.2, 0.25) is 0 Å². The van der Waals surface area contributed by atoms with Gasteiger partial charge in [-0.15, -0.1) is 0 Å². The van der Waals surface area contributed by atoms with Gasteiger partial charge in [0.1, 0.15) is 0 Å². The Labute approximate surface area is 108 Å². The van der Waals surface area contributed by atoms with Gasteiger partial charge in [0.15, 0.2) is 0 Å². The predicted octanol–water partition coefficient (Wildman–Crippen LogP) is 4.25. The quantitative estimate of drug-likeness (QED) is 0.348. The number of carbonyl (C=O) groups is 1. The number of allylic oxidation sites excluding steroid dienone is 3. The van der Waals surface area contributed by atoms with Gasteiger partial charge in [-0.1, -0.05) is 0 Å². The SMILES string of the molecule is C=C(C)/[C](=C/C(=O)c1ccccc1)[Sn]([CH3])([CH3])[CH3]. The summed E-state index contributed by atoms with van der Waals surface area (Å²) in [7, 11) is 0. The number of carbonyl (C=O) groups excluding carboxylic acids is 1. The molecule has 0 aliphatic rings. The van der Waals surface area contributed by atoms with Crippen LogP contribution in [-0.2, 0) is 0 Å². The molecule has 0 unspecified atom stereocenters. The molecule has 0 saturated heterocycles. The number of hydrogen-bond acceptors (Lipinski definition) is 1. The third-order valence-corrected chi connectivity index (χ3v) is 8.84. The maximum absolute atomic E-state index is 12.1. The van der Waals surface area contributed by atoms with Gasteiger partial charge >= 0.3 is 108 Å². The minimum absolute atomic E-state index is 0.0928. The first-order valence-corrected chi connectivity index (χ1v) is 15.8. The van der Waals surface area contributed by atoms with Crippen molar-refractivity contribution in [2.45, 2.75) is 21.7 Å². The van der Waals surface area contributed by atoms with E-state index in [0.29, 0.717) is 0 Å². The standard InChI is InChI=1S/C12H11O.3CH3.Sn/c1-10(2)8-9-12(13)11-6-4-3-5-7-11;;;;/h3-7,9H,1H2,2H3;3*1H3;. The van der Waals surface area contributed by atoms with E-state index in [1.54, 1.807) is 6.08 Å². The fourth-order valence-electron chi connectivity index (χ4n) is 1.80. The average molecular weight is 335 g/mol. The van der Waals surface area contributed by atoms with Crippen molar-refractivity contribution in [3.05, 3.63) is 57.7 Å². The van der Waals surface area contributed by atoms with E-state index in [2.05, 4.69) is 21.4 Å². The molecule has 17 heavy (non-hydrogen) atoms. The van der Waals surface area contributed by atoms with Crippen molar-refractivity contribution >= 4 is 24.2 Å². The summed E-state index contributed by atoms with van der Waals surface area (Å²) < 4.78 is 1.22. The van der Waals surface area contributed by atoms with Gasteiger partial charge < -0.3 is 0 Å². The van der Waals surface area contributed by atoms with E-state index in [0.717, 1.165) is 11.1 Å². The summed E-state index contributed by atoms with van der Waals surface area (Å²) in [4.78, 5) is 19.0. The minimum atomic E-state index is -2.24. The van der Waals surface area contributed by atoms with Crippen LogP contribution in [0.2, 0.25) is 14.8 Å². The van der Waals surface area contributed by atoms with E-state index in [9.17, 15) is 4.79 Å². The summed E-state index contributed by atoms with van der Waals surface area (Å²) >= 11 is -2.24. The number of hydrogen-bond donors (Lipinski definition) is 0. The molecule has 0 bridgehead atoms. The molecule has 1 aromatic carbocycles. The number of ketones is 1. The number of benzene rings is 1. The Kier molecular flexibility index (Phi) is 4.75. The predicted molar refractivity (Wildman–Crippen MR) is 77.0 cm³/mol. The second kappa shape index (κ2) is 5.67. The molecular weight excluding hydrogens is 315 g/mol. The van der Waals surface area contributed by atoms with Crippen molar-refractivity contribution in [2.75, 3.05) is 0 Å². The molecular formula is C15H20OSn. The zero-order valence-corrected chi connectivity index (χ0v) is 13.9. The van der Waals surface area contributed by atoms with E-state index < -0.39 is 18.4 Å². The van der Waals surface area contributed by atoms with Crippen LogP contribution in [0.5, 0.6) is 0 Å². The molecule has 1 nitrogen and oxygen atoms in total. The van der Waals surface area contributed by atoms with E-state index in [-0.39, 0.29) is 5.78 Å². The maximum atomic E-state index is 12.1. The van der Waals surface area contributed by atoms with Crippen molar-refractivity contribution in [3.63, 3.8) is 0 Å². The molecule has 0 N–H and O–H groups in total. The summed E-state index contributed by atoms with van der Waals surface area (Å²) in [5.41, 5.74) is 1.79. The molecule has 1 rings (SSSR count). The van der Waals surface area contributed by atoms with Crippen LogP contribution in [-0.4, -0.2) is 24.2 Å². The van der Waals surface area contributed by atoms with E-state index in [1.165, 1.54) is 3.59 Å². The van der Waals surface area contributed by atoms with Gasteiger partial charge in [0.05, 0.1) is 0 Å². The van der Waals surface area contributed by atoms with Crippen molar-refractivity contribution in [3.8, 4) is 0 Å². The fourth-order valence-corrected chi connectivity index (χ4v) is 7.06. The van der Waals surface area contributed by atoms with Gasteiger partial charge in [-0.25, -0.2) is 0 Å². The summed E-state index contributed by atoms with van der Waals surface area (Å²) in [5.74, 6) is 0.0928. The Morgan fingerprint density at radius 3 is 2.12 bits per heavy atom. The summed E-state index contributed by atoms with van der Waals surface area (Å²) in [6, 6.07) is 9.41. The average Bonchev–Trinajstić information content (AvgIpc) is 2.24. The first kappa shape index (κ1) is 14.2. The molecule has 0 aliphatic carbocycles. The van der Waals surface area contributed by atoms with Crippen LogP contribution in [0.1, 0.15) is 17.3 Å². The second-order valence-corrected chi connectivity index (χ2v) is 19.7. The molecule has 0 fully saturated rings. The summed E-state index contributed by atoms with van der Waals surface area (Å²) in [6.45, 7) is 5.99. The Bertz CT molecular complexity index is 450. The first-order valence-electron chi connectivity index (χ1n) is 5.80. The molecule has 2 heteroatoms. The topological polar surface area (TPSA) is 17.1 Å². The molecule has 0 heterocycles. The van der Waals surface area contributed by atoms with Gasteiger partial charge in [0, 0.05) is 0 Å². The molecule has 0 atom stereocenters. The molecule has 0 amide bonds. The van der Waals surface area contributed by atoms with Crippen LogP contribution >= 0.6 is 0 Å². The summed E-state index contributed by atoms with van der Waals surface area (Å²) in [6.07, 6.45) is 1.80. The first-order chi connectivity index (χ1) is 7.82. The van der Waals surface area contributed by atoms with Crippen molar-refractivity contribution in [1.29, 1.82) is 0 Å². The molecule has 0 spiro atoms. The molecule has 0 aliphatic heterocycles. The molecule has 90 valence electrons. The van der Waals surface area contributed by atoms with Crippen LogP contribution in [0.3, 0.4) is 0 Å². The third kappa shape index (κ3) is 4.15. The van der Waals surface area contributed by atoms with Gasteiger partial charge in [-0.2, -0.15) is 0 Å².